The molecule has 3 aromatic carbocycles. The number of para-hydroxylation sites is 2. The maximum Gasteiger partial charge on any atom is 0.279 e. The summed E-state index contributed by atoms with van der Waals surface area (Å²) >= 11 is 0. The summed E-state index contributed by atoms with van der Waals surface area (Å²) in [6.07, 6.45) is 1.61. The van der Waals surface area contributed by atoms with E-state index in [2.05, 4.69) is 15.4 Å². The van der Waals surface area contributed by atoms with Crippen LogP contribution in [0.1, 0.15) is 10.5 Å². The molecule has 2 heterocycles. The van der Waals surface area contributed by atoms with Crippen molar-refractivity contribution in [3.8, 4) is 5.69 Å². The van der Waals surface area contributed by atoms with Crippen molar-refractivity contribution in [2.75, 3.05) is 5.32 Å². The Labute approximate surface area is 171 Å². The molecule has 6 nitrogen and oxygen atoms in total. The molecule has 0 fully saturated rings. The van der Waals surface area contributed by atoms with E-state index >= 15 is 0 Å². The highest BCUT2D eigenvalue weighted by molar-refractivity contribution is 6.11. The Bertz CT molecular complexity index is 1460. The number of nitrogens with one attached hydrogen (secondary N) is 1. The standard InChI is InChI=1S/C24H16N4O2/c29-23(26-17-14-16-8-4-7-13-21(16)25-15-17)22-19-11-5-6-12-20(19)24(30)28(27-22)18-9-2-1-3-10-18/h1-15H,(H,26,29). The summed E-state index contributed by atoms with van der Waals surface area (Å²) in [5.74, 6) is -0.409. The van der Waals surface area contributed by atoms with Gasteiger partial charge in [0, 0.05) is 10.8 Å². The fourth-order valence-corrected chi connectivity index (χ4v) is 3.43. The van der Waals surface area contributed by atoms with Gasteiger partial charge in [-0.2, -0.15) is 9.78 Å². The predicted molar refractivity (Wildman–Crippen MR) is 117 cm³/mol. The van der Waals surface area contributed by atoms with Crippen LogP contribution < -0.4 is 10.9 Å². The van der Waals surface area contributed by atoms with Crippen LogP contribution in [0.3, 0.4) is 0 Å². The molecule has 0 aliphatic heterocycles. The minimum atomic E-state index is -0.409. The minimum absolute atomic E-state index is 0.169. The Morgan fingerprint density at radius 1 is 0.833 bits per heavy atom. The number of amides is 1. The molecule has 0 saturated heterocycles. The molecule has 0 spiro atoms. The van der Waals surface area contributed by atoms with E-state index in [9.17, 15) is 9.59 Å². The first kappa shape index (κ1) is 17.8. The van der Waals surface area contributed by atoms with E-state index < -0.39 is 5.91 Å². The number of hydrogen-bond acceptors (Lipinski definition) is 4. The average Bonchev–Trinajstić information content (AvgIpc) is 2.80. The molecule has 2 aromatic heterocycles. The molecule has 6 heteroatoms. The topological polar surface area (TPSA) is 76.9 Å². The summed E-state index contributed by atoms with van der Waals surface area (Å²) in [5.41, 5.74) is 1.89. The third-order valence-electron chi connectivity index (χ3n) is 4.87. The lowest BCUT2D eigenvalue weighted by Gasteiger charge is -2.11. The van der Waals surface area contributed by atoms with Gasteiger partial charge in [0.25, 0.3) is 11.5 Å². The molecule has 5 aromatic rings. The number of benzene rings is 3. The van der Waals surface area contributed by atoms with Crippen LogP contribution in [-0.4, -0.2) is 20.7 Å². The zero-order valence-corrected chi connectivity index (χ0v) is 15.8. The number of fused-ring (bicyclic) bond motifs is 2. The third-order valence-corrected chi connectivity index (χ3v) is 4.87. The molecule has 30 heavy (non-hydrogen) atoms. The molecule has 0 saturated carbocycles. The summed E-state index contributed by atoms with van der Waals surface area (Å²) in [5, 5.41) is 9.11. The van der Waals surface area contributed by atoms with E-state index in [0.717, 1.165) is 10.9 Å². The largest absolute Gasteiger partial charge is 0.319 e. The second-order valence-electron chi connectivity index (χ2n) is 6.82. The Morgan fingerprint density at radius 3 is 2.37 bits per heavy atom. The summed E-state index contributed by atoms with van der Waals surface area (Å²) in [7, 11) is 0. The highest BCUT2D eigenvalue weighted by Crippen LogP contribution is 2.19. The van der Waals surface area contributed by atoms with Gasteiger partial charge in [-0.05, 0) is 30.3 Å². The van der Waals surface area contributed by atoms with Crippen LogP contribution in [0.2, 0.25) is 0 Å². The lowest BCUT2D eigenvalue weighted by atomic mass is 10.1. The van der Waals surface area contributed by atoms with Crippen molar-refractivity contribution >= 4 is 33.3 Å². The van der Waals surface area contributed by atoms with Gasteiger partial charge < -0.3 is 5.32 Å². The Kier molecular flexibility index (Phi) is 4.29. The molecule has 0 bridgehead atoms. The third kappa shape index (κ3) is 3.10. The molecule has 0 radical (unpaired) electrons. The van der Waals surface area contributed by atoms with Gasteiger partial charge in [0.1, 0.15) is 0 Å². The highest BCUT2D eigenvalue weighted by Gasteiger charge is 2.17. The van der Waals surface area contributed by atoms with E-state index in [-0.39, 0.29) is 11.3 Å². The smallest absolute Gasteiger partial charge is 0.279 e. The number of rotatable bonds is 3. The molecule has 1 N–H and O–H groups in total. The number of nitrogens with zero attached hydrogens (tertiary/aromatic N) is 3. The van der Waals surface area contributed by atoms with Crippen LogP contribution in [0, 0.1) is 0 Å². The van der Waals surface area contributed by atoms with Crippen molar-refractivity contribution in [2.24, 2.45) is 0 Å². The summed E-state index contributed by atoms with van der Waals surface area (Å²) in [6.45, 7) is 0. The zero-order chi connectivity index (χ0) is 20.5. The van der Waals surface area contributed by atoms with E-state index in [1.54, 1.807) is 42.6 Å². The van der Waals surface area contributed by atoms with Gasteiger partial charge in [0.2, 0.25) is 0 Å². The van der Waals surface area contributed by atoms with E-state index in [4.69, 9.17) is 0 Å². The number of carbonyl (C=O) groups is 1. The molecule has 5 rings (SSSR count). The molecular formula is C24H16N4O2. The molecule has 144 valence electrons. The first-order valence-corrected chi connectivity index (χ1v) is 9.44. The molecule has 0 unspecified atom stereocenters. The van der Waals surface area contributed by atoms with Gasteiger partial charge >= 0.3 is 0 Å². The van der Waals surface area contributed by atoms with Crippen LogP contribution in [0.4, 0.5) is 5.69 Å². The normalized spacial score (nSPS) is 10.9. The van der Waals surface area contributed by atoms with Crippen LogP contribution >= 0.6 is 0 Å². The number of aromatic nitrogens is 3. The summed E-state index contributed by atoms with van der Waals surface area (Å²) in [4.78, 5) is 30.5. The molecule has 0 atom stereocenters. The first-order chi connectivity index (χ1) is 14.7. The predicted octanol–water partition coefficient (Wildman–Crippen LogP) is 4.19. The van der Waals surface area contributed by atoms with E-state index in [0.29, 0.717) is 22.1 Å². The average molecular weight is 392 g/mol. The van der Waals surface area contributed by atoms with Gasteiger partial charge in [-0.15, -0.1) is 0 Å². The van der Waals surface area contributed by atoms with Gasteiger partial charge in [0.05, 0.1) is 28.5 Å². The van der Waals surface area contributed by atoms with E-state index in [1.165, 1.54) is 4.68 Å². The summed E-state index contributed by atoms with van der Waals surface area (Å²) in [6, 6.07) is 25.6. The van der Waals surface area contributed by atoms with Crippen LogP contribution in [0.25, 0.3) is 27.4 Å². The highest BCUT2D eigenvalue weighted by atomic mass is 16.2. The molecule has 1 amide bonds. The van der Waals surface area contributed by atoms with Crippen molar-refractivity contribution in [1.29, 1.82) is 0 Å². The van der Waals surface area contributed by atoms with E-state index in [1.807, 2.05) is 48.5 Å². The quantitative estimate of drug-likeness (QED) is 0.500. The van der Waals surface area contributed by atoms with Gasteiger partial charge in [-0.3, -0.25) is 14.6 Å². The first-order valence-electron chi connectivity index (χ1n) is 9.44. The lowest BCUT2D eigenvalue weighted by molar-refractivity contribution is 0.102. The van der Waals surface area contributed by atoms with Crippen molar-refractivity contribution in [2.45, 2.75) is 0 Å². The molecule has 0 aliphatic rings. The Morgan fingerprint density at radius 2 is 1.53 bits per heavy atom. The number of pyridine rings is 1. The lowest BCUT2D eigenvalue weighted by Crippen LogP contribution is -2.26. The maximum atomic E-state index is 13.1. The van der Waals surface area contributed by atoms with Crippen LogP contribution in [-0.2, 0) is 0 Å². The van der Waals surface area contributed by atoms with Crippen LogP contribution in [0.5, 0.6) is 0 Å². The second-order valence-corrected chi connectivity index (χ2v) is 6.82. The van der Waals surface area contributed by atoms with Gasteiger partial charge in [-0.25, -0.2) is 0 Å². The number of hydrogen-bond donors (Lipinski definition) is 1. The van der Waals surface area contributed by atoms with Crippen molar-refractivity contribution in [1.82, 2.24) is 14.8 Å². The summed E-state index contributed by atoms with van der Waals surface area (Å²) < 4.78 is 1.26. The van der Waals surface area contributed by atoms with Gasteiger partial charge in [0.15, 0.2) is 5.69 Å². The van der Waals surface area contributed by atoms with Crippen molar-refractivity contribution < 1.29 is 4.79 Å². The molecular weight excluding hydrogens is 376 g/mol. The van der Waals surface area contributed by atoms with Gasteiger partial charge in [-0.1, -0.05) is 54.6 Å². The number of carbonyl (C=O) groups excluding carboxylic acids is 1. The maximum absolute atomic E-state index is 13.1. The Hall–Kier alpha value is -4.32. The Balaban J connectivity index is 1.62. The SMILES string of the molecule is O=C(Nc1cnc2ccccc2c1)c1nn(-c2ccccc2)c(=O)c2ccccc12. The monoisotopic (exact) mass is 392 g/mol. The van der Waals surface area contributed by atoms with Crippen molar-refractivity contribution in [3.63, 3.8) is 0 Å². The molecule has 0 aliphatic carbocycles. The second kappa shape index (κ2) is 7.25. The van der Waals surface area contributed by atoms with Crippen molar-refractivity contribution in [3.05, 3.63) is 107 Å². The fourth-order valence-electron chi connectivity index (χ4n) is 3.43. The minimum Gasteiger partial charge on any atom is -0.319 e. The fraction of sp³-hybridized carbons (Fsp3) is 0. The number of anilines is 1. The van der Waals surface area contributed by atoms with Crippen LogP contribution in [0.15, 0.2) is 95.9 Å². The zero-order valence-electron chi connectivity index (χ0n) is 15.8.